The van der Waals surface area contributed by atoms with Crippen molar-refractivity contribution in [2.24, 2.45) is 5.92 Å². The fourth-order valence-corrected chi connectivity index (χ4v) is 1.99. The third-order valence-electron chi connectivity index (χ3n) is 3.02. The van der Waals surface area contributed by atoms with Crippen LogP contribution in [0.25, 0.3) is 0 Å². The van der Waals surface area contributed by atoms with Gasteiger partial charge >= 0.3 is 17.1 Å². The Bertz CT molecular complexity index is 580. The van der Waals surface area contributed by atoms with E-state index in [0.29, 0.717) is 0 Å². The molecule has 1 atom stereocenters. The van der Waals surface area contributed by atoms with Crippen molar-refractivity contribution < 1.29 is 49.5 Å². The Hall–Kier alpha value is -0.497. The Morgan fingerprint density at radius 1 is 1.28 bits per heavy atom. The number of nitrogens with zero attached hydrogens (tertiary/aromatic N) is 1. The molecular formula is C18H27CuNO3SZn. The van der Waals surface area contributed by atoms with Crippen molar-refractivity contribution in [3.63, 3.8) is 0 Å². The van der Waals surface area contributed by atoms with E-state index >= 15 is 0 Å². The summed E-state index contributed by atoms with van der Waals surface area (Å²) < 4.78 is 29.6. The average Bonchev–Trinajstić information content (AvgIpc) is 2.49. The van der Waals surface area contributed by atoms with Crippen LogP contribution >= 0.6 is 0 Å². The van der Waals surface area contributed by atoms with E-state index in [0.717, 1.165) is 17.9 Å². The summed E-state index contributed by atoms with van der Waals surface area (Å²) in [4.78, 5) is -0.0666. The van der Waals surface area contributed by atoms with Crippen LogP contribution in [0.4, 0.5) is 0 Å². The summed E-state index contributed by atoms with van der Waals surface area (Å²) in [6.45, 7) is 17.0. The summed E-state index contributed by atoms with van der Waals surface area (Å²) in [7, 11) is -4.02. The predicted octanol–water partition coefficient (Wildman–Crippen LogP) is 4.93. The topological polar surface area (TPSA) is 78.2 Å². The van der Waals surface area contributed by atoms with E-state index in [-0.39, 0.29) is 41.4 Å². The van der Waals surface area contributed by atoms with Crippen molar-refractivity contribution in [3.8, 4) is 0 Å². The van der Waals surface area contributed by atoms with E-state index in [9.17, 15) is 8.42 Å². The molecule has 1 aromatic carbocycles. The molecule has 0 fully saturated rings. The second-order valence-corrected chi connectivity index (χ2v) is 6.96. The number of rotatable bonds is 5. The van der Waals surface area contributed by atoms with E-state index < -0.39 is 10.1 Å². The summed E-state index contributed by atoms with van der Waals surface area (Å²) in [5.41, 5.74) is 2.38. The van der Waals surface area contributed by atoms with Crippen molar-refractivity contribution in [1.82, 2.24) is 0 Å². The van der Waals surface area contributed by atoms with Gasteiger partial charge in [-0.15, -0.1) is 0 Å². The van der Waals surface area contributed by atoms with Gasteiger partial charge in [-0.2, -0.15) is 14.8 Å². The van der Waals surface area contributed by atoms with Gasteiger partial charge in [0.2, 0.25) is 0 Å². The van der Waals surface area contributed by atoms with Gasteiger partial charge in [0.1, 0.15) is 0 Å². The van der Waals surface area contributed by atoms with Crippen molar-refractivity contribution in [3.05, 3.63) is 55.0 Å². The molecule has 4 nitrogen and oxygen atoms in total. The molecule has 1 unspecified atom stereocenters. The van der Waals surface area contributed by atoms with Gasteiger partial charge in [0.05, 0.1) is 4.90 Å². The van der Waals surface area contributed by atoms with Gasteiger partial charge in [-0.05, 0) is 45.7 Å². The SMILES string of the molecule is Cc1ccc(S(=O)(=O)O)cc1.[C-]#N.[CH2-]CC(C)CCC=C(C)C.[Cu+2].[Zn]. The molecule has 1 N–H and O–H groups in total. The molecule has 0 bridgehead atoms. The van der Waals surface area contributed by atoms with E-state index in [4.69, 9.17) is 16.4 Å². The monoisotopic (exact) mass is 464 g/mol. The zero-order valence-corrected chi connectivity index (χ0v) is 20.1. The zero-order valence-electron chi connectivity index (χ0n) is 15.4. The average molecular weight is 466 g/mol. The Labute approximate surface area is 177 Å². The molecule has 0 aromatic heterocycles. The van der Waals surface area contributed by atoms with E-state index in [2.05, 4.69) is 33.8 Å². The normalized spacial score (nSPS) is 10.2. The van der Waals surface area contributed by atoms with E-state index in [1.807, 2.05) is 6.92 Å². The fourth-order valence-electron chi connectivity index (χ4n) is 1.51. The van der Waals surface area contributed by atoms with Crippen LogP contribution in [0.15, 0.2) is 40.8 Å². The second-order valence-electron chi connectivity index (χ2n) is 5.54. The molecule has 0 heterocycles. The molecule has 7 heteroatoms. The molecule has 0 spiro atoms. The first-order chi connectivity index (χ1) is 10.7. The van der Waals surface area contributed by atoms with Crippen LogP contribution in [-0.4, -0.2) is 13.0 Å². The largest absolute Gasteiger partial charge is 2.00 e. The molecule has 0 aliphatic heterocycles. The van der Waals surface area contributed by atoms with Crippen LogP contribution < -0.4 is 0 Å². The Morgan fingerprint density at radius 2 is 1.72 bits per heavy atom. The second kappa shape index (κ2) is 18.3. The van der Waals surface area contributed by atoms with E-state index in [1.165, 1.54) is 30.5 Å². The minimum Gasteiger partial charge on any atom is -0.512 e. The smallest absolute Gasteiger partial charge is 0.512 e. The van der Waals surface area contributed by atoms with Gasteiger partial charge in [-0.25, -0.2) is 0 Å². The van der Waals surface area contributed by atoms with Crippen LogP contribution in [0.5, 0.6) is 0 Å². The molecule has 141 valence electrons. The first kappa shape index (κ1) is 32.2. The van der Waals surface area contributed by atoms with Crippen molar-refractivity contribution >= 4 is 10.1 Å². The number of hydrogen-bond acceptors (Lipinski definition) is 3. The molecule has 1 rings (SSSR count). The Kier molecular flexibility index (Phi) is 23.6. The molecule has 0 aliphatic carbocycles. The molecule has 0 saturated heterocycles. The van der Waals surface area contributed by atoms with Crippen LogP contribution in [-0.2, 0) is 46.7 Å². The predicted molar refractivity (Wildman–Crippen MR) is 93.8 cm³/mol. The first-order valence-corrected chi connectivity index (χ1v) is 8.80. The maximum absolute atomic E-state index is 10.5. The summed E-state index contributed by atoms with van der Waals surface area (Å²) in [6, 6.07) is 5.99. The zero-order chi connectivity index (χ0) is 18.5. The molecule has 0 saturated carbocycles. The van der Waals surface area contributed by atoms with Crippen molar-refractivity contribution in [1.29, 1.82) is 5.26 Å². The number of aryl methyl sites for hydroxylation is 1. The summed E-state index contributed by atoms with van der Waals surface area (Å²) >= 11 is 0. The molecule has 25 heavy (non-hydrogen) atoms. The minimum absolute atomic E-state index is 0. The quantitative estimate of drug-likeness (QED) is 0.289. The van der Waals surface area contributed by atoms with Gasteiger partial charge < -0.3 is 18.8 Å². The van der Waals surface area contributed by atoms with Gasteiger partial charge in [0, 0.05) is 19.5 Å². The third-order valence-corrected chi connectivity index (χ3v) is 3.89. The maximum atomic E-state index is 10.5. The Balaban J connectivity index is -0.000000150. The van der Waals surface area contributed by atoms with Gasteiger partial charge in [0.25, 0.3) is 10.1 Å². The summed E-state index contributed by atoms with van der Waals surface area (Å²) in [6.07, 6.45) is 5.87. The molecule has 1 radical (unpaired) electrons. The third kappa shape index (κ3) is 19.7. The molecule has 0 aliphatic rings. The van der Waals surface area contributed by atoms with Gasteiger partial charge in [-0.1, -0.05) is 42.2 Å². The van der Waals surface area contributed by atoms with Gasteiger partial charge in [0.15, 0.2) is 0 Å². The number of benzene rings is 1. The van der Waals surface area contributed by atoms with Crippen LogP contribution in [0, 0.1) is 31.6 Å². The van der Waals surface area contributed by atoms with Crippen LogP contribution in [0.3, 0.4) is 0 Å². The van der Waals surface area contributed by atoms with Crippen LogP contribution in [0.1, 0.15) is 45.6 Å². The minimum atomic E-state index is -4.02. The Morgan fingerprint density at radius 3 is 2.04 bits per heavy atom. The standard InChI is InChI=1S/C10H19.C7H8O3S.CN.Cu.Zn/c1-5-10(4)8-6-7-9(2)3;1-6-2-4-7(5-3-6)11(8,9)10;1-2;;/h7,10H,1,5-6,8H2,2-4H3;2-5H,1H3,(H,8,9,10);;;/q-1;;-1;+2;. The number of allylic oxidation sites excluding steroid dienone is 2. The van der Waals surface area contributed by atoms with Crippen molar-refractivity contribution in [2.75, 3.05) is 0 Å². The first-order valence-electron chi connectivity index (χ1n) is 7.36. The maximum Gasteiger partial charge on any atom is 2.00 e. The van der Waals surface area contributed by atoms with Crippen LogP contribution in [0.2, 0.25) is 0 Å². The molecular weight excluding hydrogens is 439 g/mol. The van der Waals surface area contributed by atoms with Crippen molar-refractivity contribution in [2.45, 2.75) is 51.9 Å². The molecule has 0 amide bonds. The number of hydrogen-bond donors (Lipinski definition) is 1. The summed E-state index contributed by atoms with van der Waals surface area (Å²) in [5, 5.41) is 6.25. The fraction of sp³-hybridized carbons (Fsp3) is 0.444. The molecule has 1 aromatic rings. The van der Waals surface area contributed by atoms with Gasteiger partial charge in [-0.3, -0.25) is 4.55 Å². The van der Waals surface area contributed by atoms with E-state index in [1.54, 1.807) is 12.1 Å². The summed E-state index contributed by atoms with van der Waals surface area (Å²) in [5.74, 6) is 0.788.